The number of halogens is 1. The monoisotopic (exact) mass is 343 g/mol. The molecule has 0 unspecified atom stereocenters. The van der Waals surface area contributed by atoms with Crippen LogP contribution in [-0.2, 0) is 11.2 Å². The van der Waals surface area contributed by atoms with E-state index >= 15 is 0 Å². The topological polar surface area (TPSA) is 20.3 Å². The summed E-state index contributed by atoms with van der Waals surface area (Å²) >= 11 is 6.44. The second-order valence-electron chi connectivity index (χ2n) is 5.06. The molecule has 0 bridgehead atoms. The van der Waals surface area contributed by atoms with E-state index in [1.807, 2.05) is 24.3 Å². The van der Waals surface area contributed by atoms with Crippen LogP contribution in [0.5, 0.6) is 0 Å². The molecule has 3 rings (SSSR count). The van der Waals surface area contributed by atoms with Crippen molar-refractivity contribution in [3.8, 4) is 0 Å². The average molecular weight is 343 g/mol. The molecule has 0 radical (unpaired) electrons. The smallest absolute Gasteiger partial charge is 0.268 e. The summed E-state index contributed by atoms with van der Waals surface area (Å²) in [6.07, 6.45) is 2.76. The maximum atomic E-state index is 13.9. The quantitative estimate of drug-likeness (QED) is 0.590. The van der Waals surface area contributed by atoms with Gasteiger partial charge >= 0.3 is 0 Å². The molecule has 0 saturated carbocycles. The van der Waals surface area contributed by atoms with Gasteiger partial charge in [-0.05, 0) is 35.8 Å². The van der Waals surface area contributed by atoms with Gasteiger partial charge in [-0.15, -0.1) is 0 Å². The minimum atomic E-state index is -0.461. The summed E-state index contributed by atoms with van der Waals surface area (Å²) in [5.41, 5.74) is 2.36. The number of carbonyl (C=O) groups excluding carboxylic acids is 1. The highest BCUT2D eigenvalue weighted by atomic mass is 32.2. The molecule has 116 valence electrons. The molecule has 1 aliphatic heterocycles. The summed E-state index contributed by atoms with van der Waals surface area (Å²) < 4.78 is 14.3. The summed E-state index contributed by atoms with van der Waals surface area (Å²) in [5.74, 6) is -0.748. The number of nitrogens with zero attached hydrogens (tertiary/aromatic N) is 1. The predicted molar refractivity (Wildman–Crippen MR) is 97.9 cm³/mol. The van der Waals surface area contributed by atoms with Gasteiger partial charge in [0, 0.05) is 0 Å². The number of para-hydroxylation sites is 1. The Balaban J connectivity index is 1.91. The largest absolute Gasteiger partial charge is 0.270 e. The van der Waals surface area contributed by atoms with E-state index in [1.165, 1.54) is 28.3 Å². The molecule has 1 heterocycles. The van der Waals surface area contributed by atoms with Gasteiger partial charge in [0.1, 0.15) is 5.82 Å². The zero-order valence-electron chi connectivity index (χ0n) is 12.5. The lowest BCUT2D eigenvalue weighted by Crippen LogP contribution is -2.28. The summed E-state index contributed by atoms with van der Waals surface area (Å²) in [4.78, 5) is 14.3. The fourth-order valence-corrected chi connectivity index (χ4v) is 3.59. The Hall–Kier alpha value is -1.98. The fraction of sp³-hybridized carbons (Fsp3) is 0.111. The minimum Gasteiger partial charge on any atom is -0.268 e. The van der Waals surface area contributed by atoms with Crippen LogP contribution in [0.4, 0.5) is 10.1 Å². The predicted octanol–water partition coefficient (Wildman–Crippen LogP) is 4.79. The Labute approximate surface area is 144 Å². The molecule has 1 saturated heterocycles. The third-order valence-electron chi connectivity index (χ3n) is 3.57. The van der Waals surface area contributed by atoms with Crippen LogP contribution in [0.2, 0.25) is 0 Å². The van der Waals surface area contributed by atoms with E-state index in [4.69, 9.17) is 12.2 Å². The van der Waals surface area contributed by atoms with E-state index in [2.05, 4.69) is 6.92 Å². The molecule has 2 aromatic carbocycles. The van der Waals surface area contributed by atoms with Gasteiger partial charge in [-0.25, -0.2) is 4.39 Å². The van der Waals surface area contributed by atoms with Crippen molar-refractivity contribution < 1.29 is 9.18 Å². The molecule has 5 heteroatoms. The maximum Gasteiger partial charge on any atom is 0.270 e. The van der Waals surface area contributed by atoms with Gasteiger partial charge in [0.25, 0.3) is 5.91 Å². The number of hydrogen-bond acceptors (Lipinski definition) is 3. The second kappa shape index (κ2) is 6.64. The Bertz CT molecular complexity index is 799. The lowest BCUT2D eigenvalue weighted by Gasteiger charge is -2.14. The molecule has 0 spiro atoms. The van der Waals surface area contributed by atoms with Gasteiger partial charge in [-0.1, -0.05) is 67.3 Å². The minimum absolute atomic E-state index is 0.194. The molecular weight excluding hydrogens is 329 g/mol. The molecule has 2 aromatic rings. The fourth-order valence-electron chi connectivity index (χ4n) is 2.31. The van der Waals surface area contributed by atoms with E-state index in [0.717, 1.165) is 12.0 Å². The molecule has 1 aliphatic rings. The van der Waals surface area contributed by atoms with Crippen molar-refractivity contribution in [2.75, 3.05) is 4.90 Å². The standard InChI is InChI=1S/C18H14FNOS2/c1-2-12-7-9-13(10-8-12)11-16-17(21)20(18(22)23-16)15-6-4-3-5-14(15)19/h3-11H,2H2,1H3. The van der Waals surface area contributed by atoms with E-state index in [1.54, 1.807) is 24.3 Å². The molecule has 0 aromatic heterocycles. The normalized spacial score (nSPS) is 16.4. The Morgan fingerprint density at radius 3 is 2.52 bits per heavy atom. The first-order chi connectivity index (χ1) is 11.1. The number of benzene rings is 2. The van der Waals surface area contributed by atoms with Crippen LogP contribution < -0.4 is 4.90 Å². The van der Waals surface area contributed by atoms with Crippen molar-refractivity contribution in [3.63, 3.8) is 0 Å². The third-order valence-corrected chi connectivity index (χ3v) is 4.87. The van der Waals surface area contributed by atoms with Crippen LogP contribution >= 0.6 is 24.0 Å². The van der Waals surface area contributed by atoms with Crippen LogP contribution in [0.3, 0.4) is 0 Å². The van der Waals surface area contributed by atoms with Gasteiger partial charge < -0.3 is 0 Å². The number of carbonyl (C=O) groups is 1. The van der Waals surface area contributed by atoms with Crippen LogP contribution in [-0.4, -0.2) is 10.2 Å². The summed E-state index contributed by atoms with van der Waals surface area (Å²) in [5, 5.41) is 0. The van der Waals surface area contributed by atoms with Crippen molar-refractivity contribution in [1.29, 1.82) is 0 Å². The van der Waals surface area contributed by atoms with E-state index in [-0.39, 0.29) is 11.6 Å². The van der Waals surface area contributed by atoms with Gasteiger partial charge in [-0.2, -0.15) is 0 Å². The number of hydrogen-bond donors (Lipinski definition) is 0. The molecule has 0 aliphatic carbocycles. The lowest BCUT2D eigenvalue weighted by atomic mass is 10.1. The number of thioether (sulfide) groups is 1. The Morgan fingerprint density at radius 2 is 1.87 bits per heavy atom. The van der Waals surface area contributed by atoms with Crippen molar-refractivity contribution in [2.45, 2.75) is 13.3 Å². The molecule has 1 amide bonds. The number of rotatable bonds is 3. The molecular formula is C18H14FNOS2. The van der Waals surface area contributed by atoms with E-state index < -0.39 is 5.82 Å². The lowest BCUT2D eigenvalue weighted by molar-refractivity contribution is -0.113. The third kappa shape index (κ3) is 3.21. The molecule has 1 fully saturated rings. The molecule has 2 nitrogen and oxygen atoms in total. The summed E-state index contributed by atoms with van der Waals surface area (Å²) in [6, 6.07) is 14.1. The van der Waals surface area contributed by atoms with Gasteiger partial charge in [0.05, 0.1) is 10.6 Å². The summed E-state index contributed by atoms with van der Waals surface area (Å²) in [6.45, 7) is 2.09. The summed E-state index contributed by atoms with van der Waals surface area (Å²) in [7, 11) is 0. The highest BCUT2D eigenvalue weighted by molar-refractivity contribution is 8.27. The van der Waals surface area contributed by atoms with Crippen molar-refractivity contribution in [3.05, 3.63) is 70.4 Å². The van der Waals surface area contributed by atoms with Crippen molar-refractivity contribution in [2.24, 2.45) is 0 Å². The Kier molecular flexibility index (Phi) is 4.59. The highest BCUT2D eigenvalue weighted by Gasteiger charge is 2.34. The van der Waals surface area contributed by atoms with Crippen LogP contribution in [0, 0.1) is 5.82 Å². The first kappa shape index (κ1) is 15.9. The number of thiocarbonyl (C=S) groups is 1. The zero-order chi connectivity index (χ0) is 16.4. The van der Waals surface area contributed by atoms with Crippen LogP contribution in [0.25, 0.3) is 6.08 Å². The number of aryl methyl sites for hydroxylation is 1. The zero-order valence-corrected chi connectivity index (χ0v) is 14.1. The van der Waals surface area contributed by atoms with Gasteiger partial charge in [-0.3, -0.25) is 9.69 Å². The average Bonchev–Trinajstić information content (AvgIpc) is 2.83. The first-order valence-electron chi connectivity index (χ1n) is 7.21. The maximum absolute atomic E-state index is 13.9. The van der Waals surface area contributed by atoms with Gasteiger partial charge in [0.2, 0.25) is 0 Å². The van der Waals surface area contributed by atoms with Gasteiger partial charge in [0.15, 0.2) is 4.32 Å². The van der Waals surface area contributed by atoms with Crippen molar-refractivity contribution >= 4 is 46.0 Å². The van der Waals surface area contributed by atoms with Crippen LogP contribution in [0.1, 0.15) is 18.1 Å². The highest BCUT2D eigenvalue weighted by Crippen LogP contribution is 2.36. The molecule has 23 heavy (non-hydrogen) atoms. The second-order valence-corrected chi connectivity index (χ2v) is 6.74. The number of anilines is 1. The van der Waals surface area contributed by atoms with E-state index in [9.17, 15) is 9.18 Å². The number of amides is 1. The SMILES string of the molecule is CCc1ccc(C=C2SC(=S)N(c3ccccc3F)C2=O)cc1. The molecule has 0 N–H and O–H groups in total. The van der Waals surface area contributed by atoms with Crippen molar-refractivity contribution in [1.82, 2.24) is 0 Å². The molecule has 0 atom stereocenters. The van der Waals surface area contributed by atoms with E-state index in [0.29, 0.717) is 9.23 Å². The Morgan fingerprint density at radius 1 is 1.17 bits per heavy atom. The first-order valence-corrected chi connectivity index (χ1v) is 8.44. The van der Waals surface area contributed by atoms with Crippen LogP contribution in [0.15, 0.2) is 53.4 Å².